The normalized spacial score (nSPS) is 15.5. The van der Waals surface area contributed by atoms with Crippen LogP contribution in [-0.4, -0.2) is 24.5 Å². The van der Waals surface area contributed by atoms with Gasteiger partial charge >= 0.3 is 6.18 Å². The Kier molecular flexibility index (Phi) is 6.95. The second-order valence-electron chi connectivity index (χ2n) is 7.53. The van der Waals surface area contributed by atoms with Crippen molar-refractivity contribution in [1.29, 1.82) is 0 Å². The first-order chi connectivity index (χ1) is 13.5. The van der Waals surface area contributed by atoms with Gasteiger partial charge < -0.3 is 0 Å². The maximum Gasteiger partial charge on any atom is 0.416 e. The van der Waals surface area contributed by atoms with Crippen molar-refractivity contribution in [3.8, 4) is 0 Å². The Morgan fingerprint density at radius 1 is 0.964 bits per heavy atom. The van der Waals surface area contributed by atoms with E-state index in [9.17, 15) is 13.2 Å². The van der Waals surface area contributed by atoms with Crippen molar-refractivity contribution in [2.75, 3.05) is 19.6 Å². The van der Waals surface area contributed by atoms with Gasteiger partial charge in [0.2, 0.25) is 0 Å². The van der Waals surface area contributed by atoms with Crippen LogP contribution in [0.15, 0.2) is 54.6 Å². The van der Waals surface area contributed by atoms with Gasteiger partial charge in [0.25, 0.3) is 0 Å². The zero-order valence-corrected chi connectivity index (χ0v) is 16.4. The van der Waals surface area contributed by atoms with Crippen molar-refractivity contribution < 1.29 is 13.2 Å². The minimum atomic E-state index is -4.29. The summed E-state index contributed by atoms with van der Waals surface area (Å²) >= 11 is 0. The monoisotopic (exact) mass is 387 g/mol. The summed E-state index contributed by atoms with van der Waals surface area (Å²) in [5, 5.41) is 0. The van der Waals surface area contributed by atoms with Gasteiger partial charge in [-0.2, -0.15) is 13.2 Å². The van der Waals surface area contributed by atoms with E-state index < -0.39 is 11.7 Å². The fourth-order valence-electron chi connectivity index (χ4n) is 3.61. The summed E-state index contributed by atoms with van der Waals surface area (Å²) in [6, 6.07) is 14.6. The Labute approximate surface area is 165 Å². The Morgan fingerprint density at radius 2 is 1.68 bits per heavy atom. The van der Waals surface area contributed by atoms with Gasteiger partial charge in [-0.25, -0.2) is 0 Å². The third kappa shape index (κ3) is 5.71. The van der Waals surface area contributed by atoms with E-state index in [4.69, 9.17) is 0 Å². The van der Waals surface area contributed by atoms with E-state index in [0.29, 0.717) is 5.56 Å². The average molecular weight is 387 g/mol. The third-order valence-corrected chi connectivity index (χ3v) is 5.41. The smallest absolute Gasteiger partial charge is 0.299 e. The molecule has 0 spiro atoms. The van der Waals surface area contributed by atoms with E-state index in [2.05, 4.69) is 42.2 Å². The summed E-state index contributed by atoms with van der Waals surface area (Å²) in [7, 11) is 0. The molecular formula is C24H28F3N. The summed E-state index contributed by atoms with van der Waals surface area (Å²) < 4.78 is 38.8. The molecule has 4 heteroatoms. The lowest BCUT2D eigenvalue weighted by atomic mass is 9.97. The number of hydrogen-bond donors (Lipinski definition) is 0. The fourth-order valence-corrected chi connectivity index (χ4v) is 3.61. The number of benzene rings is 2. The molecule has 0 bridgehead atoms. The van der Waals surface area contributed by atoms with Crippen molar-refractivity contribution >= 4 is 5.57 Å². The number of halogens is 3. The highest BCUT2D eigenvalue weighted by Gasteiger charge is 2.30. The Morgan fingerprint density at radius 3 is 2.29 bits per heavy atom. The summed E-state index contributed by atoms with van der Waals surface area (Å²) in [5.41, 5.74) is 3.88. The van der Waals surface area contributed by atoms with Crippen LogP contribution in [0.4, 0.5) is 13.2 Å². The SMILES string of the molecule is CCCCc1ccc(CCN2CC=C(c3cccc(C(F)(F)F)c3)CC2)cc1. The molecule has 0 amide bonds. The van der Waals surface area contributed by atoms with Crippen LogP contribution in [-0.2, 0) is 19.0 Å². The van der Waals surface area contributed by atoms with Gasteiger partial charge in [0.15, 0.2) is 0 Å². The minimum absolute atomic E-state index is 0.573. The molecule has 0 N–H and O–H groups in total. The molecule has 0 saturated heterocycles. The molecule has 2 aromatic carbocycles. The van der Waals surface area contributed by atoms with Crippen molar-refractivity contribution in [1.82, 2.24) is 4.90 Å². The van der Waals surface area contributed by atoms with Crippen molar-refractivity contribution in [3.05, 3.63) is 76.9 Å². The predicted octanol–water partition coefficient (Wildman–Crippen LogP) is 6.38. The van der Waals surface area contributed by atoms with E-state index >= 15 is 0 Å². The number of nitrogens with zero attached hydrogens (tertiary/aromatic N) is 1. The molecule has 3 rings (SSSR count). The third-order valence-electron chi connectivity index (χ3n) is 5.41. The molecular weight excluding hydrogens is 359 g/mol. The van der Waals surface area contributed by atoms with Crippen LogP contribution in [0.1, 0.15) is 48.4 Å². The number of aryl methyl sites for hydroxylation is 1. The van der Waals surface area contributed by atoms with E-state index in [-0.39, 0.29) is 0 Å². The van der Waals surface area contributed by atoms with Gasteiger partial charge in [0.05, 0.1) is 5.56 Å². The maximum absolute atomic E-state index is 12.9. The molecule has 1 aliphatic heterocycles. The largest absolute Gasteiger partial charge is 0.416 e. The zero-order chi connectivity index (χ0) is 20.0. The topological polar surface area (TPSA) is 3.24 Å². The molecule has 1 aliphatic rings. The highest BCUT2D eigenvalue weighted by Crippen LogP contribution is 2.32. The highest BCUT2D eigenvalue weighted by atomic mass is 19.4. The molecule has 0 atom stereocenters. The number of unbranched alkanes of at least 4 members (excludes halogenated alkanes) is 1. The maximum atomic E-state index is 12.9. The molecule has 0 aromatic heterocycles. The highest BCUT2D eigenvalue weighted by molar-refractivity contribution is 5.67. The van der Waals surface area contributed by atoms with Crippen molar-refractivity contribution in [2.45, 2.75) is 45.2 Å². The van der Waals surface area contributed by atoms with Crippen LogP contribution in [0, 0.1) is 0 Å². The van der Waals surface area contributed by atoms with Gasteiger partial charge in [-0.05, 0) is 60.1 Å². The summed E-state index contributed by atoms with van der Waals surface area (Å²) in [6.07, 6.45) is 3.17. The minimum Gasteiger partial charge on any atom is -0.299 e. The molecule has 0 unspecified atom stereocenters. The second kappa shape index (κ2) is 9.42. The lowest BCUT2D eigenvalue weighted by molar-refractivity contribution is -0.137. The van der Waals surface area contributed by atoms with Gasteiger partial charge in [-0.15, -0.1) is 0 Å². The van der Waals surface area contributed by atoms with Gasteiger partial charge in [-0.3, -0.25) is 4.90 Å². The van der Waals surface area contributed by atoms with Crippen molar-refractivity contribution in [3.63, 3.8) is 0 Å². The molecule has 1 heterocycles. The van der Waals surface area contributed by atoms with Crippen LogP contribution >= 0.6 is 0 Å². The van der Waals surface area contributed by atoms with E-state index in [1.807, 2.05) is 0 Å². The van der Waals surface area contributed by atoms with Crippen LogP contribution < -0.4 is 0 Å². The number of alkyl halides is 3. The van der Waals surface area contributed by atoms with Crippen LogP contribution in [0.3, 0.4) is 0 Å². The van der Waals surface area contributed by atoms with Crippen LogP contribution in [0.2, 0.25) is 0 Å². The van der Waals surface area contributed by atoms with E-state index in [0.717, 1.165) is 50.5 Å². The quantitative estimate of drug-likeness (QED) is 0.533. The zero-order valence-electron chi connectivity index (χ0n) is 16.4. The molecule has 1 nitrogen and oxygen atoms in total. The average Bonchev–Trinajstić information content (AvgIpc) is 2.71. The summed E-state index contributed by atoms with van der Waals surface area (Å²) in [5.74, 6) is 0. The lowest BCUT2D eigenvalue weighted by Crippen LogP contribution is -2.30. The number of hydrogen-bond acceptors (Lipinski definition) is 1. The molecule has 0 radical (unpaired) electrons. The van der Waals surface area contributed by atoms with Gasteiger partial charge in [0, 0.05) is 19.6 Å². The molecule has 0 saturated carbocycles. The standard InChI is InChI=1S/C24H28F3N/c1-2-3-5-19-8-10-20(11-9-19)12-15-28-16-13-21(14-17-28)22-6-4-7-23(18-22)24(25,26)27/h4,6-11,13,18H,2-3,5,12,14-17H2,1H3. The first-order valence-electron chi connectivity index (χ1n) is 10.1. The molecule has 2 aromatic rings. The van der Waals surface area contributed by atoms with Crippen LogP contribution in [0.25, 0.3) is 5.57 Å². The molecule has 0 aliphatic carbocycles. The van der Waals surface area contributed by atoms with E-state index in [1.165, 1.54) is 36.1 Å². The Hall–Kier alpha value is -2.07. The van der Waals surface area contributed by atoms with Crippen molar-refractivity contribution in [2.24, 2.45) is 0 Å². The molecule has 150 valence electrons. The first kappa shape index (κ1) is 20.7. The lowest BCUT2D eigenvalue weighted by Gasteiger charge is -2.26. The summed E-state index contributed by atoms with van der Waals surface area (Å²) in [6.45, 7) is 4.86. The molecule has 0 fully saturated rings. The van der Waals surface area contributed by atoms with Crippen LogP contribution in [0.5, 0.6) is 0 Å². The van der Waals surface area contributed by atoms with Gasteiger partial charge in [-0.1, -0.05) is 55.8 Å². The predicted molar refractivity (Wildman–Crippen MR) is 109 cm³/mol. The van der Waals surface area contributed by atoms with Gasteiger partial charge in [0.1, 0.15) is 0 Å². The Bertz CT molecular complexity index is 790. The number of rotatable bonds is 7. The molecule has 28 heavy (non-hydrogen) atoms. The summed E-state index contributed by atoms with van der Waals surface area (Å²) in [4.78, 5) is 2.36. The van der Waals surface area contributed by atoms with E-state index in [1.54, 1.807) is 6.07 Å². The first-order valence-corrected chi connectivity index (χ1v) is 10.1. The Balaban J connectivity index is 1.53. The second-order valence-corrected chi connectivity index (χ2v) is 7.53. The fraction of sp³-hybridized carbons (Fsp3) is 0.417.